The number of benzene rings is 1. The summed E-state index contributed by atoms with van der Waals surface area (Å²) in [6.07, 6.45) is 0.351. The number of halogens is 1. The molecule has 0 radical (unpaired) electrons. The van der Waals surface area contributed by atoms with Crippen LogP contribution in [-0.2, 0) is 19.9 Å². The van der Waals surface area contributed by atoms with Gasteiger partial charge in [0.05, 0.1) is 12.1 Å². The van der Waals surface area contributed by atoms with Crippen LogP contribution in [0.4, 0.5) is 4.79 Å². The summed E-state index contributed by atoms with van der Waals surface area (Å²) in [5, 5.41) is 17.6. The molecular formula is C26H41ClN4O5. The molecule has 1 heterocycles. The number of hydrogen-bond donors (Lipinski definition) is 4. The number of piperidine rings is 1. The van der Waals surface area contributed by atoms with Crippen molar-refractivity contribution in [3.8, 4) is 0 Å². The smallest absolute Gasteiger partial charge is 0.323 e. The van der Waals surface area contributed by atoms with Gasteiger partial charge in [0.25, 0.3) is 0 Å². The van der Waals surface area contributed by atoms with Crippen LogP contribution in [0.25, 0.3) is 0 Å². The van der Waals surface area contributed by atoms with Crippen LogP contribution in [-0.4, -0.2) is 65.2 Å². The van der Waals surface area contributed by atoms with Gasteiger partial charge in [0.15, 0.2) is 0 Å². The van der Waals surface area contributed by atoms with Gasteiger partial charge in [-0.1, -0.05) is 51.4 Å². The Morgan fingerprint density at radius 1 is 1.19 bits per heavy atom. The molecule has 1 unspecified atom stereocenters. The van der Waals surface area contributed by atoms with E-state index in [0.29, 0.717) is 24.5 Å². The van der Waals surface area contributed by atoms with E-state index in [2.05, 4.69) is 10.6 Å². The van der Waals surface area contributed by atoms with E-state index in [1.807, 2.05) is 39.8 Å². The summed E-state index contributed by atoms with van der Waals surface area (Å²) >= 11 is 6.02. The fraction of sp³-hybridized carbons (Fsp3) is 0.654. The molecule has 0 aromatic heterocycles. The zero-order valence-electron chi connectivity index (χ0n) is 22.4. The van der Waals surface area contributed by atoms with Gasteiger partial charge < -0.3 is 31.1 Å². The lowest BCUT2D eigenvalue weighted by Crippen LogP contribution is -2.61. The Morgan fingerprint density at radius 3 is 2.28 bits per heavy atom. The van der Waals surface area contributed by atoms with Gasteiger partial charge in [0.1, 0.15) is 17.7 Å². The molecule has 2 rings (SSSR count). The van der Waals surface area contributed by atoms with Gasteiger partial charge in [-0.15, -0.1) is 0 Å². The zero-order valence-corrected chi connectivity index (χ0v) is 23.1. The number of nitrogens with two attached hydrogens (primary N) is 1. The molecule has 9 nitrogen and oxygen atoms in total. The SMILES string of the molecule is CC(C)C(NC(=O)NCC(C)(C)OC(=O)[C@H](C)N)C(=O)N1CC[C@](O)(c2ccc(Cl)cc2)C(C)(C)C1. The number of amides is 3. The van der Waals surface area contributed by atoms with Crippen molar-refractivity contribution in [1.29, 1.82) is 0 Å². The van der Waals surface area contributed by atoms with Crippen molar-refractivity contribution in [3.05, 3.63) is 34.9 Å². The predicted molar refractivity (Wildman–Crippen MR) is 139 cm³/mol. The molecule has 1 aromatic rings. The van der Waals surface area contributed by atoms with Crippen LogP contribution >= 0.6 is 11.6 Å². The maximum atomic E-state index is 13.5. The highest BCUT2D eigenvalue weighted by atomic mass is 35.5. The minimum Gasteiger partial charge on any atom is -0.457 e. The first kappa shape index (κ1) is 29.9. The second-order valence-corrected chi connectivity index (χ2v) is 11.7. The van der Waals surface area contributed by atoms with Crippen molar-refractivity contribution >= 4 is 29.5 Å². The van der Waals surface area contributed by atoms with Crippen molar-refractivity contribution in [1.82, 2.24) is 15.5 Å². The second-order valence-electron chi connectivity index (χ2n) is 11.3. The Kier molecular flexibility index (Phi) is 9.42. The number of carbonyl (C=O) groups excluding carboxylic acids is 3. The summed E-state index contributed by atoms with van der Waals surface area (Å²) < 4.78 is 5.32. The number of aliphatic hydroxyl groups is 1. The third kappa shape index (κ3) is 7.11. The summed E-state index contributed by atoms with van der Waals surface area (Å²) in [6.45, 7) is 13.1. The highest BCUT2D eigenvalue weighted by Crippen LogP contribution is 2.46. The number of ether oxygens (including phenoxy) is 1. The van der Waals surface area contributed by atoms with Gasteiger partial charge in [0, 0.05) is 23.5 Å². The maximum Gasteiger partial charge on any atom is 0.323 e. The number of carbonyl (C=O) groups is 3. The van der Waals surface area contributed by atoms with E-state index in [1.165, 1.54) is 6.92 Å². The van der Waals surface area contributed by atoms with Crippen LogP contribution in [0.3, 0.4) is 0 Å². The number of nitrogens with one attached hydrogen (secondary N) is 2. The second kappa shape index (κ2) is 11.4. The average molecular weight is 525 g/mol. The molecule has 3 amide bonds. The van der Waals surface area contributed by atoms with Gasteiger partial charge in [-0.25, -0.2) is 4.79 Å². The Morgan fingerprint density at radius 2 is 1.78 bits per heavy atom. The van der Waals surface area contributed by atoms with Crippen molar-refractivity contribution in [2.24, 2.45) is 17.1 Å². The highest BCUT2D eigenvalue weighted by molar-refractivity contribution is 6.30. The quantitative estimate of drug-likeness (QED) is 0.386. The number of nitrogens with zero attached hydrogens (tertiary/aromatic N) is 1. The third-order valence-electron chi connectivity index (χ3n) is 6.73. The van der Waals surface area contributed by atoms with E-state index in [1.54, 1.807) is 30.9 Å². The zero-order chi connectivity index (χ0) is 27.5. The number of hydrogen-bond acceptors (Lipinski definition) is 6. The number of rotatable bonds is 8. The molecular weight excluding hydrogens is 484 g/mol. The molecule has 36 heavy (non-hydrogen) atoms. The Labute approximate surface area is 219 Å². The van der Waals surface area contributed by atoms with Crippen molar-refractivity contribution in [2.75, 3.05) is 19.6 Å². The summed E-state index contributed by atoms with van der Waals surface area (Å²) in [6, 6.07) is 5.05. The summed E-state index contributed by atoms with van der Waals surface area (Å²) in [7, 11) is 0. The van der Waals surface area contributed by atoms with E-state index < -0.39 is 40.7 Å². The topological polar surface area (TPSA) is 134 Å². The van der Waals surface area contributed by atoms with Crippen LogP contribution in [0.2, 0.25) is 5.02 Å². The summed E-state index contributed by atoms with van der Waals surface area (Å²) in [4.78, 5) is 39.6. The van der Waals surface area contributed by atoms with Gasteiger partial charge in [0.2, 0.25) is 5.91 Å². The fourth-order valence-corrected chi connectivity index (χ4v) is 4.49. The lowest BCUT2D eigenvalue weighted by atomic mass is 9.66. The highest BCUT2D eigenvalue weighted by Gasteiger charge is 2.50. The predicted octanol–water partition coefficient (Wildman–Crippen LogP) is 2.78. The van der Waals surface area contributed by atoms with Crippen LogP contribution in [0.15, 0.2) is 24.3 Å². The molecule has 0 spiro atoms. The largest absolute Gasteiger partial charge is 0.457 e. The number of esters is 1. The molecule has 3 atom stereocenters. The van der Waals surface area contributed by atoms with E-state index in [4.69, 9.17) is 22.1 Å². The first-order valence-corrected chi connectivity index (χ1v) is 12.7. The molecule has 1 aliphatic heterocycles. The van der Waals surface area contributed by atoms with Crippen LogP contribution in [0, 0.1) is 11.3 Å². The van der Waals surface area contributed by atoms with Crippen LogP contribution in [0.5, 0.6) is 0 Å². The molecule has 1 saturated heterocycles. The van der Waals surface area contributed by atoms with E-state index in [0.717, 1.165) is 5.56 Å². The van der Waals surface area contributed by atoms with Gasteiger partial charge >= 0.3 is 12.0 Å². The third-order valence-corrected chi connectivity index (χ3v) is 6.98. The molecule has 5 N–H and O–H groups in total. The molecule has 0 saturated carbocycles. The minimum atomic E-state index is -1.13. The molecule has 10 heteroatoms. The van der Waals surface area contributed by atoms with Gasteiger partial charge in [-0.3, -0.25) is 9.59 Å². The standard InChI is InChI=1S/C26H41ClN4O5/c1-16(2)20(30-23(34)29-14-25(6,7)36-22(33)17(3)28)21(32)31-13-12-26(35,24(4,5)15-31)18-8-10-19(27)11-9-18/h8-11,16-17,20,35H,12-15,28H2,1-7H3,(H2,29,30,34)/t17-,20?,26-/m0/s1. The first-order valence-electron chi connectivity index (χ1n) is 12.3. The van der Waals surface area contributed by atoms with Crippen molar-refractivity contribution in [2.45, 2.75) is 78.2 Å². The molecule has 1 aliphatic rings. The van der Waals surface area contributed by atoms with Crippen molar-refractivity contribution in [3.63, 3.8) is 0 Å². The minimum absolute atomic E-state index is 0.0428. The Balaban J connectivity index is 2.05. The molecule has 0 bridgehead atoms. The first-order chi connectivity index (χ1) is 16.5. The van der Waals surface area contributed by atoms with Gasteiger partial charge in [-0.05, 0) is 50.8 Å². The van der Waals surface area contributed by atoms with Crippen molar-refractivity contribution < 1.29 is 24.2 Å². The van der Waals surface area contributed by atoms with E-state index in [9.17, 15) is 19.5 Å². The number of likely N-dealkylation sites (tertiary alicyclic amines) is 1. The molecule has 202 valence electrons. The fourth-order valence-electron chi connectivity index (χ4n) is 4.37. The monoisotopic (exact) mass is 524 g/mol. The molecule has 1 aromatic carbocycles. The van der Waals surface area contributed by atoms with Gasteiger partial charge in [-0.2, -0.15) is 0 Å². The van der Waals surface area contributed by atoms with E-state index >= 15 is 0 Å². The molecule has 0 aliphatic carbocycles. The molecule has 1 fully saturated rings. The normalized spacial score (nSPS) is 21.5. The Hall–Kier alpha value is -2.36. The summed E-state index contributed by atoms with van der Waals surface area (Å²) in [5.41, 5.74) is 3.55. The van der Waals surface area contributed by atoms with Crippen LogP contribution < -0.4 is 16.4 Å². The van der Waals surface area contributed by atoms with E-state index in [-0.39, 0.29) is 18.4 Å². The maximum absolute atomic E-state index is 13.5. The Bertz CT molecular complexity index is 948. The lowest BCUT2D eigenvalue weighted by Gasteiger charge is -2.51. The number of urea groups is 1. The summed E-state index contributed by atoms with van der Waals surface area (Å²) in [5.74, 6) is -0.954. The van der Waals surface area contributed by atoms with Crippen LogP contribution in [0.1, 0.15) is 60.5 Å². The average Bonchev–Trinajstić information content (AvgIpc) is 2.77. The lowest BCUT2D eigenvalue weighted by molar-refractivity contribution is -0.157.